The first kappa shape index (κ1) is 21.4. The molecule has 1 aliphatic heterocycles. The number of amides is 3. The van der Waals surface area contributed by atoms with Gasteiger partial charge < -0.3 is 20.1 Å². The van der Waals surface area contributed by atoms with E-state index in [1.165, 1.54) is 6.21 Å². The van der Waals surface area contributed by atoms with Gasteiger partial charge in [0.05, 0.1) is 12.3 Å². The number of hydrogen-bond acceptors (Lipinski definition) is 6. The molecule has 28 heavy (non-hydrogen) atoms. The van der Waals surface area contributed by atoms with E-state index in [-0.39, 0.29) is 24.7 Å². The first-order chi connectivity index (χ1) is 13.4. The van der Waals surface area contributed by atoms with Crippen molar-refractivity contribution >= 4 is 23.9 Å². The van der Waals surface area contributed by atoms with Gasteiger partial charge in [0, 0.05) is 19.2 Å². The van der Waals surface area contributed by atoms with Crippen LogP contribution in [0.4, 0.5) is 0 Å². The molecule has 0 aliphatic carbocycles. The van der Waals surface area contributed by atoms with E-state index in [1.807, 2.05) is 0 Å². The van der Waals surface area contributed by atoms with Crippen molar-refractivity contribution in [1.29, 1.82) is 0 Å². The SMILES string of the molecule is CC(C)NC(=O)C(=O)N/N=C\c1ccc(OCC(=O)NC[C@H]2CCCO2)cc1. The number of nitrogens with one attached hydrogen (secondary N) is 3. The Kier molecular flexibility index (Phi) is 8.41. The van der Waals surface area contributed by atoms with Gasteiger partial charge >= 0.3 is 11.8 Å². The van der Waals surface area contributed by atoms with Gasteiger partial charge in [-0.25, -0.2) is 5.43 Å². The van der Waals surface area contributed by atoms with Gasteiger partial charge in [-0.1, -0.05) is 0 Å². The molecule has 3 N–H and O–H groups in total. The molecule has 9 nitrogen and oxygen atoms in total. The van der Waals surface area contributed by atoms with Crippen LogP contribution in [0, 0.1) is 0 Å². The Morgan fingerprint density at radius 3 is 2.64 bits per heavy atom. The summed E-state index contributed by atoms with van der Waals surface area (Å²) >= 11 is 0. The van der Waals surface area contributed by atoms with E-state index >= 15 is 0 Å². The van der Waals surface area contributed by atoms with Gasteiger partial charge in [-0.3, -0.25) is 14.4 Å². The summed E-state index contributed by atoms with van der Waals surface area (Å²) < 4.78 is 10.9. The quantitative estimate of drug-likeness (QED) is 0.336. The molecule has 1 heterocycles. The maximum Gasteiger partial charge on any atom is 0.329 e. The first-order valence-corrected chi connectivity index (χ1v) is 9.19. The molecular weight excluding hydrogens is 364 g/mol. The molecule has 0 radical (unpaired) electrons. The van der Waals surface area contributed by atoms with Crippen LogP contribution in [0.15, 0.2) is 29.4 Å². The lowest BCUT2D eigenvalue weighted by Gasteiger charge is -2.11. The predicted octanol–water partition coefficient (Wildman–Crippen LogP) is 0.335. The first-order valence-electron chi connectivity index (χ1n) is 9.19. The highest BCUT2D eigenvalue weighted by molar-refractivity contribution is 6.35. The molecule has 1 aliphatic rings. The molecule has 0 aromatic heterocycles. The van der Waals surface area contributed by atoms with Crippen LogP contribution in [-0.4, -0.2) is 55.8 Å². The smallest absolute Gasteiger partial charge is 0.329 e. The van der Waals surface area contributed by atoms with E-state index in [4.69, 9.17) is 9.47 Å². The number of hydrogen-bond donors (Lipinski definition) is 3. The molecule has 1 fully saturated rings. The predicted molar refractivity (Wildman–Crippen MR) is 103 cm³/mol. The maximum absolute atomic E-state index is 11.8. The molecule has 1 aromatic carbocycles. The third-order valence-corrected chi connectivity index (χ3v) is 3.81. The summed E-state index contributed by atoms with van der Waals surface area (Å²) in [4.78, 5) is 34.7. The highest BCUT2D eigenvalue weighted by Gasteiger charge is 2.16. The Balaban J connectivity index is 1.69. The molecular formula is C19H26N4O5. The third kappa shape index (κ3) is 7.75. The molecule has 1 aromatic rings. The van der Waals surface area contributed by atoms with Crippen molar-refractivity contribution < 1.29 is 23.9 Å². The van der Waals surface area contributed by atoms with Crippen LogP contribution in [0.5, 0.6) is 5.75 Å². The molecule has 2 rings (SSSR count). The summed E-state index contributed by atoms with van der Waals surface area (Å²) in [6, 6.07) is 6.66. The van der Waals surface area contributed by atoms with E-state index in [2.05, 4.69) is 21.2 Å². The van der Waals surface area contributed by atoms with Gasteiger partial charge in [0.2, 0.25) is 0 Å². The maximum atomic E-state index is 11.8. The molecule has 0 spiro atoms. The zero-order valence-electron chi connectivity index (χ0n) is 16.1. The highest BCUT2D eigenvalue weighted by atomic mass is 16.5. The minimum atomic E-state index is -0.834. The van der Waals surface area contributed by atoms with Crippen LogP contribution in [0.3, 0.4) is 0 Å². The van der Waals surface area contributed by atoms with Crippen LogP contribution in [0.2, 0.25) is 0 Å². The van der Waals surface area contributed by atoms with E-state index in [1.54, 1.807) is 38.1 Å². The van der Waals surface area contributed by atoms with Crippen molar-refractivity contribution in [2.24, 2.45) is 5.10 Å². The summed E-state index contributed by atoms with van der Waals surface area (Å²) in [7, 11) is 0. The van der Waals surface area contributed by atoms with Gasteiger partial charge in [-0.15, -0.1) is 0 Å². The Morgan fingerprint density at radius 1 is 1.25 bits per heavy atom. The molecule has 1 saturated heterocycles. The summed E-state index contributed by atoms with van der Waals surface area (Å²) in [5, 5.41) is 8.98. The topological polar surface area (TPSA) is 118 Å². The molecule has 1 atom stereocenters. The number of rotatable bonds is 8. The van der Waals surface area contributed by atoms with Gasteiger partial charge in [0.25, 0.3) is 5.91 Å². The van der Waals surface area contributed by atoms with Crippen molar-refractivity contribution in [1.82, 2.24) is 16.1 Å². The lowest BCUT2D eigenvalue weighted by molar-refractivity contribution is -0.139. The summed E-state index contributed by atoms with van der Waals surface area (Å²) in [6.45, 7) is 4.68. The second kappa shape index (κ2) is 11.0. The minimum Gasteiger partial charge on any atom is -0.484 e. The zero-order chi connectivity index (χ0) is 20.4. The third-order valence-electron chi connectivity index (χ3n) is 3.81. The molecule has 0 saturated carbocycles. The average molecular weight is 390 g/mol. The largest absolute Gasteiger partial charge is 0.484 e. The molecule has 152 valence electrons. The van der Waals surface area contributed by atoms with Gasteiger partial charge in [0.1, 0.15) is 5.75 Å². The van der Waals surface area contributed by atoms with Crippen molar-refractivity contribution in [3.05, 3.63) is 29.8 Å². The van der Waals surface area contributed by atoms with Crippen molar-refractivity contribution in [2.45, 2.75) is 38.8 Å². The fourth-order valence-corrected chi connectivity index (χ4v) is 2.43. The second-order valence-corrected chi connectivity index (χ2v) is 6.62. The van der Waals surface area contributed by atoms with Crippen molar-refractivity contribution in [3.8, 4) is 5.75 Å². The number of hydrazone groups is 1. The van der Waals surface area contributed by atoms with Gasteiger partial charge in [-0.2, -0.15) is 5.10 Å². The van der Waals surface area contributed by atoms with Crippen molar-refractivity contribution in [3.63, 3.8) is 0 Å². The minimum absolute atomic E-state index is 0.0822. The summed E-state index contributed by atoms with van der Waals surface area (Å²) in [5.74, 6) is -1.25. The number of carbonyl (C=O) groups is 3. The van der Waals surface area contributed by atoms with E-state index in [0.717, 1.165) is 19.4 Å². The lowest BCUT2D eigenvalue weighted by atomic mass is 10.2. The van der Waals surface area contributed by atoms with E-state index in [9.17, 15) is 14.4 Å². The van der Waals surface area contributed by atoms with Gasteiger partial charge in [-0.05, 0) is 56.5 Å². The fraction of sp³-hybridized carbons (Fsp3) is 0.474. The molecule has 3 amide bonds. The lowest BCUT2D eigenvalue weighted by Crippen LogP contribution is -2.41. The van der Waals surface area contributed by atoms with E-state index < -0.39 is 11.8 Å². The monoisotopic (exact) mass is 390 g/mol. The summed E-state index contributed by atoms with van der Waals surface area (Å²) in [6.07, 6.45) is 3.49. The Morgan fingerprint density at radius 2 is 2.00 bits per heavy atom. The summed E-state index contributed by atoms with van der Waals surface area (Å²) in [5.41, 5.74) is 2.85. The van der Waals surface area contributed by atoms with Crippen molar-refractivity contribution in [2.75, 3.05) is 19.8 Å². The van der Waals surface area contributed by atoms with Crippen LogP contribution >= 0.6 is 0 Å². The van der Waals surface area contributed by atoms with Crippen LogP contribution in [-0.2, 0) is 19.1 Å². The molecule has 9 heteroatoms. The van der Waals surface area contributed by atoms with E-state index in [0.29, 0.717) is 17.9 Å². The number of ether oxygens (including phenoxy) is 2. The number of nitrogens with zero attached hydrogens (tertiary/aromatic N) is 1. The fourth-order valence-electron chi connectivity index (χ4n) is 2.43. The second-order valence-electron chi connectivity index (χ2n) is 6.62. The van der Waals surface area contributed by atoms with Crippen LogP contribution in [0.1, 0.15) is 32.3 Å². The zero-order valence-corrected chi connectivity index (χ0v) is 16.1. The molecule has 0 bridgehead atoms. The van der Waals surface area contributed by atoms with Crippen LogP contribution < -0.4 is 20.8 Å². The highest BCUT2D eigenvalue weighted by Crippen LogP contribution is 2.12. The average Bonchev–Trinajstić information content (AvgIpc) is 3.18. The Labute approximate surface area is 163 Å². The number of carbonyl (C=O) groups excluding carboxylic acids is 3. The molecule has 0 unspecified atom stereocenters. The standard InChI is InChI=1S/C19H26N4O5/c1-13(2)22-18(25)19(26)23-21-10-14-5-7-15(8-6-14)28-12-17(24)20-11-16-4-3-9-27-16/h5-8,10,13,16H,3-4,9,11-12H2,1-2H3,(H,20,24)(H,22,25)(H,23,26)/b21-10-/t16-/m1/s1. The Hall–Kier alpha value is -2.94. The van der Waals surface area contributed by atoms with Crippen LogP contribution in [0.25, 0.3) is 0 Å². The normalized spacial score (nSPS) is 16.2. The number of benzene rings is 1. The van der Waals surface area contributed by atoms with Gasteiger partial charge in [0.15, 0.2) is 6.61 Å². The Bertz CT molecular complexity index is 697.